The number of amides is 2. The van der Waals surface area contributed by atoms with Gasteiger partial charge in [-0.2, -0.15) is 0 Å². The van der Waals surface area contributed by atoms with Gasteiger partial charge in [0.05, 0.1) is 11.3 Å². The van der Waals surface area contributed by atoms with Crippen molar-refractivity contribution < 1.29 is 9.59 Å². The van der Waals surface area contributed by atoms with Crippen LogP contribution in [0.2, 0.25) is 0 Å². The third-order valence-corrected chi connectivity index (χ3v) is 5.65. The van der Waals surface area contributed by atoms with E-state index in [0.717, 1.165) is 33.5 Å². The first-order valence-electron chi connectivity index (χ1n) is 9.97. The van der Waals surface area contributed by atoms with Crippen molar-refractivity contribution in [2.45, 2.75) is 27.7 Å². The SMILES string of the molecule is Cc1ccc(C2=C(Nc3ccccc3C)C(=O)N(c3cccc(C)c3C)C2=O)cc1. The van der Waals surface area contributed by atoms with E-state index in [1.54, 1.807) is 0 Å². The van der Waals surface area contributed by atoms with Gasteiger partial charge in [-0.25, -0.2) is 4.90 Å². The van der Waals surface area contributed by atoms with Gasteiger partial charge in [0.1, 0.15) is 5.70 Å². The summed E-state index contributed by atoms with van der Waals surface area (Å²) >= 11 is 0. The Bertz CT molecular complexity index is 1190. The Morgan fingerprint density at radius 2 is 1.37 bits per heavy atom. The summed E-state index contributed by atoms with van der Waals surface area (Å²) in [7, 11) is 0. The second-order valence-corrected chi connectivity index (χ2v) is 7.72. The van der Waals surface area contributed by atoms with Crippen molar-refractivity contribution in [3.05, 3.63) is 100 Å². The van der Waals surface area contributed by atoms with Crippen LogP contribution in [0.15, 0.2) is 72.4 Å². The highest BCUT2D eigenvalue weighted by Gasteiger charge is 2.41. The van der Waals surface area contributed by atoms with Crippen LogP contribution < -0.4 is 10.2 Å². The maximum atomic E-state index is 13.6. The molecule has 3 aromatic rings. The molecule has 0 radical (unpaired) electrons. The van der Waals surface area contributed by atoms with Crippen LogP contribution >= 0.6 is 0 Å². The van der Waals surface area contributed by atoms with Crippen LogP contribution in [-0.2, 0) is 9.59 Å². The van der Waals surface area contributed by atoms with E-state index >= 15 is 0 Å². The lowest BCUT2D eigenvalue weighted by molar-refractivity contribution is -0.120. The van der Waals surface area contributed by atoms with E-state index in [2.05, 4.69) is 5.32 Å². The lowest BCUT2D eigenvalue weighted by Crippen LogP contribution is -2.33. The molecular weight excluding hydrogens is 372 g/mol. The van der Waals surface area contributed by atoms with Crippen LogP contribution in [0.3, 0.4) is 0 Å². The smallest absolute Gasteiger partial charge is 0.282 e. The van der Waals surface area contributed by atoms with Crippen LogP contribution in [0.5, 0.6) is 0 Å². The summed E-state index contributed by atoms with van der Waals surface area (Å²) in [6.07, 6.45) is 0. The first-order valence-corrected chi connectivity index (χ1v) is 9.97. The van der Waals surface area contributed by atoms with Gasteiger partial charge in [0, 0.05) is 5.69 Å². The van der Waals surface area contributed by atoms with E-state index in [-0.39, 0.29) is 11.8 Å². The third-order valence-electron chi connectivity index (χ3n) is 5.65. The zero-order valence-corrected chi connectivity index (χ0v) is 17.6. The number of nitrogens with zero attached hydrogens (tertiary/aromatic N) is 1. The van der Waals surface area contributed by atoms with E-state index in [1.165, 1.54) is 4.90 Å². The van der Waals surface area contributed by atoms with Crippen molar-refractivity contribution in [2.75, 3.05) is 10.2 Å². The fourth-order valence-corrected chi connectivity index (χ4v) is 3.68. The van der Waals surface area contributed by atoms with E-state index in [0.29, 0.717) is 17.0 Å². The molecule has 0 fully saturated rings. The molecular formula is C26H24N2O2. The monoisotopic (exact) mass is 396 g/mol. The molecule has 2 amide bonds. The average molecular weight is 396 g/mol. The maximum Gasteiger partial charge on any atom is 0.282 e. The fraction of sp³-hybridized carbons (Fsp3) is 0.154. The molecule has 3 aromatic carbocycles. The zero-order valence-electron chi connectivity index (χ0n) is 17.6. The van der Waals surface area contributed by atoms with Gasteiger partial charge in [-0.05, 0) is 62.1 Å². The Morgan fingerprint density at radius 1 is 0.700 bits per heavy atom. The summed E-state index contributed by atoms with van der Waals surface area (Å²) in [5.41, 5.74) is 6.89. The van der Waals surface area contributed by atoms with Gasteiger partial charge in [-0.1, -0.05) is 60.2 Å². The summed E-state index contributed by atoms with van der Waals surface area (Å²) in [4.78, 5) is 28.4. The number of imide groups is 1. The van der Waals surface area contributed by atoms with Crippen molar-refractivity contribution in [3.63, 3.8) is 0 Å². The summed E-state index contributed by atoms with van der Waals surface area (Å²) < 4.78 is 0. The molecule has 1 N–H and O–H groups in total. The highest BCUT2D eigenvalue weighted by atomic mass is 16.2. The highest BCUT2D eigenvalue weighted by molar-refractivity contribution is 6.46. The summed E-state index contributed by atoms with van der Waals surface area (Å²) in [5, 5.41) is 3.25. The second kappa shape index (κ2) is 7.64. The van der Waals surface area contributed by atoms with Gasteiger partial charge in [-0.3, -0.25) is 9.59 Å². The van der Waals surface area contributed by atoms with Crippen LogP contribution in [0, 0.1) is 27.7 Å². The van der Waals surface area contributed by atoms with Crippen molar-refractivity contribution in [3.8, 4) is 0 Å². The number of para-hydroxylation sites is 1. The fourth-order valence-electron chi connectivity index (χ4n) is 3.68. The summed E-state index contributed by atoms with van der Waals surface area (Å²) in [6, 6.07) is 21.1. The molecule has 0 bridgehead atoms. The van der Waals surface area contributed by atoms with Crippen LogP contribution in [0.1, 0.15) is 27.8 Å². The first kappa shape index (κ1) is 19.6. The van der Waals surface area contributed by atoms with E-state index in [4.69, 9.17) is 0 Å². The lowest BCUT2D eigenvalue weighted by atomic mass is 10.0. The summed E-state index contributed by atoms with van der Waals surface area (Å²) in [6.45, 7) is 7.88. The molecule has 0 aromatic heterocycles. The number of hydrogen-bond acceptors (Lipinski definition) is 3. The zero-order chi connectivity index (χ0) is 21.4. The number of nitrogens with one attached hydrogen (secondary N) is 1. The predicted octanol–water partition coefficient (Wildman–Crippen LogP) is 5.32. The molecule has 150 valence electrons. The molecule has 4 rings (SSSR count). The van der Waals surface area contributed by atoms with Crippen LogP contribution in [0.25, 0.3) is 5.57 Å². The molecule has 4 heteroatoms. The maximum absolute atomic E-state index is 13.6. The molecule has 1 heterocycles. The normalized spacial score (nSPS) is 13.9. The Hall–Kier alpha value is -3.66. The largest absolute Gasteiger partial charge is 0.350 e. The van der Waals surface area contributed by atoms with Crippen molar-refractivity contribution in [1.82, 2.24) is 0 Å². The molecule has 0 spiro atoms. The number of rotatable bonds is 4. The van der Waals surface area contributed by atoms with Gasteiger partial charge in [-0.15, -0.1) is 0 Å². The number of carbonyl (C=O) groups excluding carboxylic acids is 2. The number of anilines is 2. The molecule has 0 saturated heterocycles. The number of aryl methyl sites for hydroxylation is 3. The quantitative estimate of drug-likeness (QED) is 0.608. The molecule has 1 aliphatic heterocycles. The van der Waals surface area contributed by atoms with Crippen LogP contribution in [-0.4, -0.2) is 11.8 Å². The minimum atomic E-state index is -0.340. The number of carbonyl (C=O) groups is 2. The van der Waals surface area contributed by atoms with Gasteiger partial charge >= 0.3 is 0 Å². The van der Waals surface area contributed by atoms with Crippen molar-refractivity contribution in [1.29, 1.82) is 0 Å². The predicted molar refractivity (Wildman–Crippen MR) is 121 cm³/mol. The standard InChI is InChI=1S/C26H24N2O2/c1-16-12-14-20(15-13-16)23-24(27-21-10-6-5-8-18(21)3)26(30)28(25(23)29)22-11-7-9-17(2)19(22)4/h5-15,27H,1-4H3. The molecule has 0 atom stereocenters. The van der Waals surface area contributed by atoms with Crippen molar-refractivity contribution in [2.24, 2.45) is 0 Å². The highest BCUT2D eigenvalue weighted by Crippen LogP contribution is 2.36. The second-order valence-electron chi connectivity index (χ2n) is 7.72. The van der Waals surface area contributed by atoms with E-state index in [9.17, 15) is 9.59 Å². The molecule has 30 heavy (non-hydrogen) atoms. The minimum Gasteiger partial charge on any atom is -0.350 e. The topological polar surface area (TPSA) is 49.4 Å². The first-order chi connectivity index (χ1) is 14.4. The molecule has 1 aliphatic rings. The van der Waals surface area contributed by atoms with E-state index in [1.807, 2.05) is 94.4 Å². The number of hydrogen-bond donors (Lipinski definition) is 1. The molecule has 0 aliphatic carbocycles. The third kappa shape index (κ3) is 3.30. The Morgan fingerprint density at radius 3 is 2.07 bits per heavy atom. The van der Waals surface area contributed by atoms with Gasteiger partial charge in [0.25, 0.3) is 11.8 Å². The van der Waals surface area contributed by atoms with E-state index < -0.39 is 0 Å². The van der Waals surface area contributed by atoms with Crippen LogP contribution in [0.4, 0.5) is 11.4 Å². The van der Waals surface area contributed by atoms with Gasteiger partial charge < -0.3 is 5.32 Å². The molecule has 4 nitrogen and oxygen atoms in total. The average Bonchev–Trinajstić information content (AvgIpc) is 2.96. The Labute approximate surface area is 176 Å². The van der Waals surface area contributed by atoms with Crippen molar-refractivity contribution >= 4 is 28.8 Å². The Balaban J connectivity index is 1.87. The molecule has 0 saturated carbocycles. The van der Waals surface area contributed by atoms with Gasteiger partial charge in [0.15, 0.2) is 0 Å². The Kier molecular flexibility index (Phi) is 5.00. The molecule has 0 unspecified atom stereocenters. The van der Waals surface area contributed by atoms with Gasteiger partial charge in [0.2, 0.25) is 0 Å². The lowest BCUT2D eigenvalue weighted by Gasteiger charge is -2.19. The summed E-state index contributed by atoms with van der Waals surface area (Å²) in [5.74, 6) is -0.652. The number of benzene rings is 3. The minimum absolute atomic E-state index is 0.305.